The SMILES string of the molecule is Cc1ccc(NC(=O)c2ccccc2-c2ncc(-c3ccccc3F)o2)cc1S(N)(=O)=O. The molecule has 0 aliphatic rings. The van der Waals surface area contributed by atoms with Gasteiger partial charge in [-0.05, 0) is 48.9 Å². The zero-order valence-corrected chi connectivity index (χ0v) is 17.7. The number of nitrogens with two attached hydrogens (primary N) is 1. The lowest BCUT2D eigenvalue weighted by Crippen LogP contribution is -2.16. The lowest BCUT2D eigenvalue weighted by atomic mass is 10.1. The van der Waals surface area contributed by atoms with Crippen LogP contribution in [0, 0.1) is 12.7 Å². The minimum atomic E-state index is -3.94. The molecule has 0 fully saturated rings. The summed E-state index contributed by atoms with van der Waals surface area (Å²) >= 11 is 0. The Hall–Kier alpha value is -3.82. The number of primary sulfonamides is 1. The second-order valence-corrected chi connectivity index (χ2v) is 8.56. The summed E-state index contributed by atoms with van der Waals surface area (Å²) in [5, 5.41) is 7.91. The molecule has 0 aliphatic heterocycles. The average molecular weight is 451 g/mol. The van der Waals surface area contributed by atoms with Crippen LogP contribution in [0.4, 0.5) is 10.1 Å². The topological polar surface area (TPSA) is 115 Å². The van der Waals surface area contributed by atoms with Crippen molar-refractivity contribution in [2.75, 3.05) is 5.32 Å². The van der Waals surface area contributed by atoms with Crippen LogP contribution in [0.5, 0.6) is 0 Å². The smallest absolute Gasteiger partial charge is 0.256 e. The third-order valence-electron chi connectivity index (χ3n) is 4.80. The summed E-state index contributed by atoms with van der Waals surface area (Å²) in [6.07, 6.45) is 1.39. The number of aromatic nitrogens is 1. The molecule has 7 nitrogen and oxygen atoms in total. The molecular formula is C23H18FN3O4S. The fraction of sp³-hybridized carbons (Fsp3) is 0.0435. The molecule has 3 aromatic carbocycles. The van der Waals surface area contributed by atoms with E-state index in [1.165, 1.54) is 18.3 Å². The highest BCUT2D eigenvalue weighted by atomic mass is 32.2. The van der Waals surface area contributed by atoms with Crippen LogP contribution < -0.4 is 10.5 Å². The van der Waals surface area contributed by atoms with Crippen LogP contribution >= 0.6 is 0 Å². The minimum absolute atomic E-state index is 0.0779. The van der Waals surface area contributed by atoms with Gasteiger partial charge in [-0.2, -0.15) is 0 Å². The number of rotatable bonds is 5. The number of hydrogen-bond acceptors (Lipinski definition) is 5. The molecule has 0 radical (unpaired) electrons. The van der Waals surface area contributed by atoms with Gasteiger partial charge in [0.1, 0.15) is 5.82 Å². The third kappa shape index (κ3) is 4.29. The van der Waals surface area contributed by atoms with Gasteiger partial charge in [0.05, 0.1) is 22.2 Å². The number of oxazole rings is 1. The number of carbonyl (C=O) groups excluding carboxylic acids is 1. The Morgan fingerprint density at radius 1 is 1.03 bits per heavy atom. The number of aryl methyl sites for hydroxylation is 1. The number of benzene rings is 3. The fourth-order valence-electron chi connectivity index (χ4n) is 3.23. The van der Waals surface area contributed by atoms with Crippen LogP contribution in [0.25, 0.3) is 22.8 Å². The third-order valence-corrected chi connectivity index (χ3v) is 5.85. The van der Waals surface area contributed by atoms with Crippen LogP contribution in [0.2, 0.25) is 0 Å². The van der Waals surface area contributed by atoms with Gasteiger partial charge in [-0.3, -0.25) is 4.79 Å². The Balaban J connectivity index is 1.67. The molecule has 0 bridgehead atoms. The molecule has 162 valence electrons. The summed E-state index contributed by atoms with van der Waals surface area (Å²) < 4.78 is 43.3. The van der Waals surface area contributed by atoms with E-state index >= 15 is 0 Å². The molecular weight excluding hydrogens is 433 g/mol. The van der Waals surface area contributed by atoms with E-state index in [0.29, 0.717) is 11.1 Å². The molecule has 1 heterocycles. The Labute approximate surface area is 183 Å². The van der Waals surface area contributed by atoms with Gasteiger partial charge in [0.15, 0.2) is 5.76 Å². The fourth-order valence-corrected chi connectivity index (χ4v) is 4.04. The molecule has 32 heavy (non-hydrogen) atoms. The summed E-state index contributed by atoms with van der Waals surface area (Å²) in [6.45, 7) is 1.61. The van der Waals surface area contributed by atoms with Crippen LogP contribution in [0.15, 0.2) is 82.2 Å². The summed E-state index contributed by atoms with van der Waals surface area (Å²) in [7, 11) is -3.94. The van der Waals surface area contributed by atoms with Crippen molar-refractivity contribution in [2.24, 2.45) is 5.14 Å². The lowest BCUT2D eigenvalue weighted by Gasteiger charge is -2.10. The highest BCUT2D eigenvalue weighted by Crippen LogP contribution is 2.30. The molecule has 4 aromatic rings. The van der Waals surface area contributed by atoms with E-state index in [1.54, 1.807) is 61.5 Å². The minimum Gasteiger partial charge on any atom is -0.436 e. The summed E-state index contributed by atoms with van der Waals surface area (Å²) in [5.41, 5.74) is 1.62. The van der Waals surface area contributed by atoms with Crippen molar-refractivity contribution in [2.45, 2.75) is 11.8 Å². The van der Waals surface area contributed by atoms with Gasteiger partial charge in [-0.1, -0.05) is 30.3 Å². The normalized spacial score (nSPS) is 11.3. The first-order chi connectivity index (χ1) is 15.2. The summed E-state index contributed by atoms with van der Waals surface area (Å²) in [6, 6.07) is 17.2. The van der Waals surface area contributed by atoms with Crippen LogP contribution in [-0.2, 0) is 10.0 Å². The van der Waals surface area contributed by atoms with E-state index in [0.717, 1.165) is 0 Å². The molecule has 0 spiro atoms. The number of amides is 1. The Bertz CT molecular complexity index is 1430. The highest BCUT2D eigenvalue weighted by molar-refractivity contribution is 7.89. The van der Waals surface area contributed by atoms with E-state index < -0.39 is 21.7 Å². The average Bonchev–Trinajstić information content (AvgIpc) is 3.24. The first kappa shape index (κ1) is 21.4. The first-order valence-electron chi connectivity index (χ1n) is 9.49. The van der Waals surface area contributed by atoms with E-state index in [9.17, 15) is 17.6 Å². The molecule has 3 N–H and O–H groups in total. The Kier molecular flexibility index (Phi) is 5.60. The van der Waals surface area contributed by atoms with Gasteiger partial charge >= 0.3 is 0 Å². The molecule has 1 amide bonds. The quantitative estimate of drug-likeness (QED) is 0.468. The van der Waals surface area contributed by atoms with Gasteiger partial charge in [-0.15, -0.1) is 0 Å². The van der Waals surface area contributed by atoms with Crippen molar-refractivity contribution in [1.29, 1.82) is 0 Å². The van der Waals surface area contributed by atoms with Crippen LogP contribution in [0.3, 0.4) is 0 Å². The zero-order valence-electron chi connectivity index (χ0n) is 16.9. The predicted octanol–water partition coefficient (Wildman–Crippen LogP) is 4.36. The second kappa shape index (κ2) is 8.37. The van der Waals surface area contributed by atoms with E-state index in [4.69, 9.17) is 9.56 Å². The van der Waals surface area contributed by atoms with Gasteiger partial charge in [0, 0.05) is 11.3 Å². The van der Waals surface area contributed by atoms with Crippen LogP contribution in [-0.4, -0.2) is 19.3 Å². The highest BCUT2D eigenvalue weighted by Gasteiger charge is 2.19. The van der Waals surface area contributed by atoms with Crippen LogP contribution in [0.1, 0.15) is 15.9 Å². The molecule has 0 unspecified atom stereocenters. The number of carbonyl (C=O) groups is 1. The lowest BCUT2D eigenvalue weighted by molar-refractivity contribution is 0.102. The molecule has 1 aromatic heterocycles. The Morgan fingerprint density at radius 2 is 1.72 bits per heavy atom. The number of hydrogen-bond donors (Lipinski definition) is 2. The maximum Gasteiger partial charge on any atom is 0.256 e. The van der Waals surface area contributed by atoms with E-state index in [1.807, 2.05) is 0 Å². The number of nitrogens with one attached hydrogen (secondary N) is 1. The number of halogens is 1. The van der Waals surface area contributed by atoms with Gasteiger partial charge < -0.3 is 9.73 Å². The predicted molar refractivity (Wildman–Crippen MR) is 118 cm³/mol. The van der Waals surface area contributed by atoms with Crippen molar-refractivity contribution in [3.63, 3.8) is 0 Å². The molecule has 0 aliphatic carbocycles. The van der Waals surface area contributed by atoms with Crippen molar-refractivity contribution < 1.29 is 22.0 Å². The number of nitrogens with zero attached hydrogens (tertiary/aromatic N) is 1. The van der Waals surface area contributed by atoms with Crippen molar-refractivity contribution in [1.82, 2.24) is 4.98 Å². The maximum atomic E-state index is 14.1. The van der Waals surface area contributed by atoms with E-state index in [2.05, 4.69) is 10.3 Å². The van der Waals surface area contributed by atoms with Crippen molar-refractivity contribution in [3.05, 3.63) is 89.9 Å². The second-order valence-electron chi connectivity index (χ2n) is 7.03. The summed E-state index contributed by atoms with van der Waals surface area (Å²) in [4.78, 5) is 17.1. The van der Waals surface area contributed by atoms with Gasteiger partial charge in [0.25, 0.3) is 5.91 Å². The molecule has 9 heteroatoms. The number of anilines is 1. The molecule has 0 saturated carbocycles. The molecule has 0 atom stereocenters. The van der Waals surface area contributed by atoms with Gasteiger partial charge in [-0.25, -0.2) is 22.9 Å². The first-order valence-corrected chi connectivity index (χ1v) is 11.0. The van der Waals surface area contributed by atoms with Crippen molar-refractivity contribution >= 4 is 21.6 Å². The van der Waals surface area contributed by atoms with Gasteiger partial charge in [0.2, 0.25) is 15.9 Å². The summed E-state index contributed by atoms with van der Waals surface area (Å²) in [5.74, 6) is -0.588. The monoisotopic (exact) mass is 451 g/mol. The number of sulfonamides is 1. The molecule has 4 rings (SSSR count). The Morgan fingerprint density at radius 3 is 2.44 bits per heavy atom. The zero-order chi connectivity index (χ0) is 22.9. The largest absolute Gasteiger partial charge is 0.436 e. The maximum absolute atomic E-state index is 14.1. The standard InChI is InChI=1S/C23H18FN3O4S/c1-14-10-11-15(12-21(14)32(25,29)30)27-22(28)16-6-2-3-7-17(16)23-26-13-20(31-23)18-8-4-5-9-19(18)24/h2-13H,1H3,(H,27,28)(H2,25,29,30). The van der Waals surface area contributed by atoms with Crippen molar-refractivity contribution in [3.8, 4) is 22.8 Å². The molecule has 0 saturated heterocycles. The van der Waals surface area contributed by atoms with E-state index in [-0.39, 0.29) is 33.4 Å².